The Balaban J connectivity index is 1.98. The number of rotatable bonds is 2. The zero-order chi connectivity index (χ0) is 16.6. The number of fused-ring (bicyclic) bond motifs is 1. The molecule has 0 N–H and O–H groups in total. The number of ether oxygens (including phenoxy) is 1. The van der Waals surface area contributed by atoms with Crippen LogP contribution in [0.15, 0.2) is 42.5 Å². The summed E-state index contributed by atoms with van der Waals surface area (Å²) in [6.07, 6.45) is -0.901. The highest BCUT2D eigenvalue weighted by molar-refractivity contribution is 6.34. The molecule has 0 aromatic heterocycles. The quantitative estimate of drug-likeness (QED) is 0.646. The van der Waals surface area contributed by atoms with Crippen molar-refractivity contribution in [2.75, 3.05) is 11.4 Å². The average molecular weight is 360 g/mol. The number of anilines is 2. The Morgan fingerprint density at radius 3 is 2.52 bits per heavy atom. The molecule has 3 rings (SSSR count). The van der Waals surface area contributed by atoms with Crippen LogP contribution >= 0.6 is 23.2 Å². The van der Waals surface area contributed by atoms with Crippen molar-refractivity contribution in [3.8, 4) is 5.75 Å². The van der Waals surface area contributed by atoms with Crippen LogP contribution in [-0.4, -0.2) is 12.9 Å². The van der Waals surface area contributed by atoms with Crippen LogP contribution in [0.4, 0.5) is 24.5 Å². The van der Waals surface area contributed by atoms with Gasteiger partial charge in [-0.2, -0.15) is 0 Å². The van der Waals surface area contributed by atoms with E-state index < -0.39 is 12.1 Å². The summed E-state index contributed by atoms with van der Waals surface area (Å²) >= 11 is 12.2. The van der Waals surface area contributed by atoms with Gasteiger partial charge >= 0.3 is 6.36 Å². The third-order valence-corrected chi connectivity index (χ3v) is 3.93. The maximum absolute atomic E-state index is 12.3. The second-order valence-corrected chi connectivity index (χ2v) is 5.67. The van der Waals surface area contributed by atoms with Gasteiger partial charge in [0.1, 0.15) is 5.75 Å². The van der Waals surface area contributed by atoms with Crippen molar-refractivity contribution in [2.45, 2.75) is 6.36 Å². The van der Waals surface area contributed by atoms with Gasteiger partial charge in [-0.05, 0) is 29.8 Å². The largest absolute Gasteiger partial charge is 0.573 e. The van der Waals surface area contributed by atoms with E-state index in [1.165, 1.54) is 18.2 Å². The Morgan fingerprint density at radius 2 is 1.83 bits per heavy atom. The highest BCUT2D eigenvalue weighted by Gasteiger charge is 2.32. The second-order valence-electron chi connectivity index (χ2n) is 4.85. The fraction of sp³-hybridized carbons (Fsp3) is 0.125. The lowest BCUT2D eigenvalue weighted by Gasteiger charge is -2.29. The molecule has 0 saturated carbocycles. The van der Waals surface area contributed by atoms with Gasteiger partial charge in [0.25, 0.3) is 0 Å². The van der Waals surface area contributed by atoms with Crippen LogP contribution in [0, 0.1) is 0 Å². The van der Waals surface area contributed by atoms with Crippen LogP contribution in [0.2, 0.25) is 10.0 Å². The molecule has 0 bridgehead atoms. The lowest BCUT2D eigenvalue weighted by molar-refractivity contribution is -0.274. The third kappa shape index (κ3) is 3.41. The van der Waals surface area contributed by atoms with E-state index in [9.17, 15) is 13.2 Å². The number of halogens is 5. The van der Waals surface area contributed by atoms with E-state index in [0.29, 0.717) is 17.3 Å². The fourth-order valence-corrected chi connectivity index (χ4v) is 2.92. The van der Waals surface area contributed by atoms with Crippen molar-refractivity contribution in [2.24, 2.45) is 0 Å². The molecule has 23 heavy (non-hydrogen) atoms. The highest BCUT2D eigenvalue weighted by atomic mass is 35.5. The van der Waals surface area contributed by atoms with Gasteiger partial charge in [0, 0.05) is 12.2 Å². The zero-order valence-electron chi connectivity index (χ0n) is 11.6. The maximum atomic E-state index is 12.3. The lowest BCUT2D eigenvalue weighted by Crippen LogP contribution is -2.21. The van der Waals surface area contributed by atoms with E-state index in [4.69, 9.17) is 23.2 Å². The normalized spacial score (nSPS) is 13.9. The topological polar surface area (TPSA) is 12.5 Å². The minimum Gasteiger partial charge on any atom is -0.404 e. The van der Waals surface area contributed by atoms with E-state index in [0.717, 1.165) is 11.3 Å². The fourth-order valence-electron chi connectivity index (χ4n) is 2.43. The van der Waals surface area contributed by atoms with Crippen molar-refractivity contribution in [3.05, 3.63) is 58.1 Å². The van der Waals surface area contributed by atoms with E-state index in [-0.39, 0.29) is 5.02 Å². The van der Waals surface area contributed by atoms with Gasteiger partial charge in [-0.1, -0.05) is 47.5 Å². The van der Waals surface area contributed by atoms with Crippen LogP contribution in [0.25, 0.3) is 6.08 Å². The molecule has 2 aromatic rings. The molecule has 0 aliphatic carbocycles. The van der Waals surface area contributed by atoms with Gasteiger partial charge in [-0.15, -0.1) is 13.2 Å². The number of benzene rings is 2. The summed E-state index contributed by atoms with van der Waals surface area (Å²) in [6, 6.07) is 9.64. The molecule has 0 unspecified atom stereocenters. The zero-order valence-corrected chi connectivity index (χ0v) is 13.1. The summed E-state index contributed by atoms with van der Waals surface area (Å²) < 4.78 is 40.8. The molecule has 1 aliphatic heterocycles. The Labute approximate surface area is 140 Å². The SMILES string of the molecule is FC(F)(F)Oc1ccc(N2CC=Cc3cccc(Cl)c32)cc1Cl. The predicted molar refractivity (Wildman–Crippen MR) is 85.6 cm³/mol. The molecule has 1 heterocycles. The molecule has 7 heteroatoms. The number of hydrogen-bond acceptors (Lipinski definition) is 2. The molecule has 0 amide bonds. The number of nitrogens with zero attached hydrogens (tertiary/aromatic N) is 1. The standard InChI is InChI=1S/C16H10Cl2F3NO/c17-12-5-1-3-10-4-2-8-22(15(10)12)11-6-7-14(13(18)9-11)23-16(19,20)21/h1-7,9H,8H2. The van der Waals surface area contributed by atoms with Gasteiger partial charge in [0.15, 0.2) is 0 Å². The molecule has 0 atom stereocenters. The second kappa shape index (κ2) is 5.98. The van der Waals surface area contributed by atoms with Gasteiger partial charge in [0.2, 0.25) is 0 Å². The summed E-state index contributed by atoms with van der Waals surface area (Å²) in [6.45, 7) is 0.534. The first-order chi connectivity index (χ1) is 10.8. The summed E-state index contributed by atoms with van der Waals surface area (Å²) in [5.74, 6) is -0.435. The van der Waals surface area contributed by atoms with E-state index in [2.05, 4.69) is 4.74 Å². The van der Waals surface area contributed by atoms with Gasteiger partial charge < -0.3 is 9.64 Å². The molecule has 120 valence electrons. The van der Waals surface area contributed by atoms with Gasteiger partial charge in [-0.25, -0.2) is 0 Å². The molecular formula is C16H10Cl2F3NO. The number of alkyl halides is 3. The van der Waals surface area contributed by atoms with E-state index in [1.54, 1.807) is 6.07 Å². The third-order valence-electron chi connectivity index (χ3n) is 3.33. The van der Waals surface area contributed by atoms with Gasteiger partial charge in [-0.3, -0.25) is 0 Å². The Kier molecular flexibility index (Phi) is 4.17. The molecule has 0 radical (unpaired) electrons. The first-order valence-electron chi connectivity index (χ1n) is 6.63. The maximum Gasteiger partial charge on any atom is 0.573 e. The molecule has 2 nitrogen and oxygen atoms in total. The van der Waals surface area contributed by atoms with Crippen molar-refractivity contribution in [1.82, 2.24) is 0 Å². The minimum absolute atomic E-state index is 0.122. The lowest BCUT2D eigenvalue weighted by atomic mass is 10.1. The molecule has 2 aromatic carbocycles. The van der Waals surface area contributed by atoms with E-state index in [1.807, 2.05) is 29.2 Å². The predicted octanol–water partition coefficient (Wildman–Crippen LogP) is 6.06. The average Bonchev–Trinajstić information content (AvgIpc) is 2.48. The first kappa shape index (κ1) is 16.0. The van der Waals surface area contributed by atoms with Crippen LogP contribution < -0.4 is 9.64 Å². The monoisotopic (exact) mass is 359 g/mol. The van der Waals surface area contributed by atoms with Crippen molar-refractivity contribution < 1.29 is 17.9 Å². The summed E-state index contributed by atoms with van der Waals surface area (Å²) in [4.78, 5) is 1.88. The van der Waals surface area contributed by atoms with Crippen LogP contribution in [0.1, 0.15) is 5.56 Å². The summed E-state index contributed by atoms with van der Waals surface area (Å²) in [5.41, 5.74) is 2.34. The smallest absolute Gasteiger partial charge is 0.404 e. The first-order valence-corrected chi connectivity index (χ1v) is 7.38. The summed E-state index contributed by atoms with van der Waals surface area (Å²) in [7, 11) is 0. The molecule has 0 spiro atoms. The number of para-hydroxylation sites is 1. The van der Waals surface area contributed by atoms with Crippen molar-refractivity contribution >= 4 is 40.7 Å². The molecule has 0 fully saturated rings. The highest BCUT2D eigenvalue weighted by Crippen LogP contribution is 2.40. The Hall–Kier alpha value is -1.85. The Bertz CT molecular complexity index is 774. The molecule has 1 aliphatic rings. The van der Waals surface area contributed by atoms with Gasteiger partial charge in [0.05, 0.1) is 15.7 Å². The number of hydrogen-bond donors (Lipinski definition) is 0. The summed E-state index contributed by atoms with van der Waals surface area (Å²) in [5, 5.41) is 0.432. The van der Waals surface area contributed by atoms with Crippen LogP contribution in [0.3, 0.4) is 0 Å². The Morgan fingerprint density at radius 1 is 1.04 bits per heavy atom. The molecular weight excluding hydrogens is 350 g/mol. The van der Waals surface area contributed by atoms with Crippen molar-refractivity contribution in [1.29, 1.82) is 0 Å². The van der Waals surface area contributed by atoms with Crippen LogP contribution in [-0.2, 0) is 0 Å². The van der Waals surface area contributed by atoms with Crippen LogP contribution in [0.5, 0.6) is 5.75 Å². The van der Waals surface area contributed by atoms with Crippen molar-refractivity contribution in [3.63, 3.8) is 0 Å². The molecule has 0 saturated heterocycles. The minimum atomic E-state index is -4.78. The van der Waals surface area contributed by atoms with E-state index >= 15 is 0 Å².